The minimum Gasteiger partial charge on any atom is -0.383 e. The summed E-state index contributed by atoms with van der Waals surface area (Å²) >= 11 is 4.06. The predicted octanol–water partition coefficient (Wildman–Crippen LogP) is 0.878. The van der Waals surface area contributed by atoms with Crippen molar-refractivity contribution >= 4 is 23.5 Å². The van der Waals surface area contributed by atoms with E-state index in [-0.39, 0.29) is 12.2 Å². The number of hydrazine groups is 1. The Morgan fingerprint density at radius 3 is 2.77 bits per heavy atom. The summed E-state index contributed by atoms with van der Waals surface area (Å²) in [7, 11) is 5.37. The fourth-order valence-corrected chi connectivity index (χ4v) is 6.81. The van der Waals surface area contributed by atoms with Gasteiger partial charge in [-0.05, 0) is 25.2 Å². The minimum atomic E-state index is 0.234. The zero-order valence-corrected chi connectivity index (χ0v) is 17.7. The van der Waals surface area contributed by atoms with Crippen LogP contribution in [-0.4, -0.2) is 86.7 Å². The monoisotopic (exact) mass is 406 g/mol. The van der Waals surface area contributed by atoms with Crippen molar-refractivity contribution in [3.63, 3.8) is 0 Å². The SMILES string of the molecule is COCCN1CNNC1SCC1CSC(C2CCC(OC)C(OC)C2)N1. The summed E-state index contributed by atoms with van der Waals surface area (Å²) < 4.78 is 16.5. The van der Waals surface area contributed by atoms with Gasteiger partial charge in [-0.1, -0.05) is 0 Å². The average molecular weight is 407 g/mol. The smallest absolute Gasteiger partial charge is 0.122 e. The van der Waals surface area contributed by atoms with Crippen LogP contribution in [-0.2, 0) is 14.2 Å². The van der Waals surface area contributed by atoms with E-state index in [1.807, 2.05) is 18.9 Å². The molecule has 6 unspecified atom stereocenters. The molecule has 1 saturated carbocycles. The maximum atomic E-state index is 5.67. The van der Waals surface area contributed by atoms with Crippen LogP contribution in [0.25, 0.3) is 0 Å². The molecule has 3 aliphatic rings. The summed E-state index contributed by atoms with van der Waals surface area (Å²) in [6, 6.07) is 0.572. The van der Waals surface area contributed by atoms with Gasteiger partial charge in [0.15, 0.2) is 0 Å². The Morgan fingerprint density at radius 1 is 1.15 bits per heavy atom. The summed E-state index contributed by atoms with van der Waals surface area (Å²) in [6.07, 6.45) is 3.91. The van der Waals surface area contributed by atoms with E-state index in [1.165, 1.54) is 12.2 Å². The van der Waals surface area contributed by atoms with Gasteiger partial charge in [-0.25, -0.2) is 10.9 Å². The quantitative estimate of drug-likeness (QED) is 0.518. The van der Waals surface area contributed by atoms with Crippen molar-refractivity contribution in [3.05, 3.63) is 0 Å². The zero-order chi connectivity index (χ0) is 18.4. The number of nitrogens with zero attached hydrogens (tertiary/aromatic N) is 1. The number of nitrogens with one attached hydrogen (secondary N) is 3. The molecule has 3 N–H and O–H groups in total. The lowest BCUT2D eigenvalue weighted by Gasteiger charge is -2.36. The molecule has 1 aliphatic carbocycles. The molecular weight excluding hydrogens is 372 g/mol. The van der Waals surface area contributed by atoms with Crippen LogP contribution in [0, 0.1) is 5.92 Å². The number of thioether (sulfide) groups is 2. The Kier molecular flexibility index (Phi) is 8.80. The third-order valence-electron chi connectivity index (χ3n) is 5.56. The number of hydrogen-bond acceptors (Lipinski definition) is 9. The fourth-order valence-electron chi connectivity index (χ4n) is 4.01. The summed E-state index contributed by atoms with van der Waals surface area (Å²) in [5, 5.41) is 4.43. The zero-order valence-electron chi connectivity index (χ0n) is 16.1. The Morgan fingerprint density at radius 2 is 2.00 bits per heavy atom. The fraction of sp³-hybridized carbons (Fsp3) is 1.00. The van der Waals surface area contributed by atoms with E-state index in [1.54, 1.807) is 14.2 Å². The first-order valence-electron chi connectivity index (χ1n) is 9.51. The van der Waals surface area contributed by atoms with E-state index in [4.69, 9.17) is 14.2 Å². The van der Waals surface area contributed by atoms with Gasteiger partial charge in [0.05, 0.1) is 30.9 Å². The van der Waals surface area contributed by atoms with Crippen LogP contribution in [0.15, 0.2) is 0 Å². The lowest BCUT2D eigenvalue weighted by Crippen LogP contribution is -2.44. The number of hydrogen-bond donors (Lipinski definition) is 3. The molecule has 7 nitrogen and oxygen atoms in total. The van der Waals surface area contributed by atoms with Gasteiger partial charge in [0, 0.05) is 45.4 Å². The van der Waals surface area contributed by atoms with Crippen molar-refractivity contribution in [1.29, 1.82) is 0 Å². The Hall–Kier alpha value is 0.420. The van der Waals surface area contributed by atoms with Crippen molar-refractivity contribution < 1.29 is 14.2 Å². The summed E-state index contributed by atoms with van der Waals surface area (Å²) in [4.78, 5) is 2.38. The van der Waals surface area contributed by atoms with Crippen LogP contribution < -0.4 is 16.2 Å². The second kappa shape index (κ2) is 10.8. The molecule has 0 aromatic carbocycles. The number of methoxy groups -OCH3 is 3. The van der Waals surface area contributed by atoms with Gasteiger partial charge in [0.1, 0.15) is 5.50 Å². The van der Waals surface area contributed by atoms with Crippen molar-refractivity contribution in [3.8, 4) is 0 Å². The Bertz CT molecular complexity index is 423. The molecule has 152 valence electrons. The van der Waals surface area contributed by atoms with Crippen LogP contribution >= 0.6 is 23.5 Å². The summed E-state index contributed by atoms with van der Waals surface area (Å²) in [5.74, 6) is 2.99. The molecule has 2 aliphatic heterocycles. The summed E-state index contributed by atoms with van der Waals surface area (Å²) in [6.45, 7) is 2.59. The van der Waals surface area contributed by atoms with Crippen LogP contribution in [0.1, 0.15) is 19.3 Å². The highest BCUT2D eigenvalue weighted by Crippen LogP contribution is 2.37. The van der Waals surface area contributed by atoms with Crippen molar-refractivity contribution in [2.75, 3.05) is 52.7 Å². The molecule has 26 heavy (non-hydrogen) atoms. The van der Waals surface area contributed by atoms with Gasteiger partial charge in [-0.3, -0.25) is 4.90 Å². The Balaban J connectivity index is 1.40. The molecule has 9 heteroatoms. The molecular formula is C17H34N4O3S2. The third kappa shape index (κ3) is 5.48. The molecule has 3 rings (SSSR count). The van der Waals surface area contributed by atoms with Gasteiger partial charge in [-0.2, -0.15) is 0 Å². The second-order valence-electron chi connectivity index (χ2n) is 7.21. The van der Waals surface area contributed by atoms with E-state index in [2.05, 4.69) is 32.8 Å². The second-order valence-corrected chi connectivity index (χ2v) is 9.50. The molecule has 0 aromatic rings. The lowest BCUT2D eigenvalue weighted by atomic mass is 9.84. The van der Waals surface area contributed by atoms with Gasteiger partial charge < -0.3 is 19.5 Å². The maximum Gasteiger partial charge on any atom is 0.122 e. The highest BCUT2D eigenvalue weighted by molar-refractivity contribution is 8.01. The van der Waals surface area contributed by atoms with E-state index in [0.717, 1.165) is 38.4 Å². The molecule has 6 atom stereocenters. The predicted molar refractivity (Wildman–Crippen MR) is 108 cm³/mol. The average Bonchev–Trinajstić information content (AvgIpc) is 3.33. The van der Waals surface area contributed by atoms with E-state index in [0.29, 0.717) is 22.8 Å². The topological polar surface area (TPSA) is 67.0 Å². The molecule has 0 amide bonds. The van der Waals surface area contributed by atoms with Crippen molar-refractivity contribution in [2.24, 2.45) is 5.92 Å². The lowest BCUT2D eigenvalue weighted by molar-refractivity contribution is -0.0710. The van der Waals surface area contributed by atoms with Crippen molar-refractivity contribution in [2.45, 2.75) is 48.4 Å². The largest absolute Gasteiger partial charge is 0.383 e. The normalized spacial score (nSPS) is 38.9. The van der Waals surface area contributed by atoms with Crippen LogP contribution in [0.2, 0.25) is 0 Å². The highest BCUT2D eigenvalue weighted by Gasteiger charge is 2.38. The molecule has 0 bridgehead atoms. The first-order chi connectivity index (χ1) is 12.7. The van der Waals surface area contributed by atoms with E-state index >= 15 is 0 Å². The van der Waals surface area contributed by atoms with E-state index < -0.39 is 0 Å². The molecule has 0 radical (unpaired) electrons. The maximum absolute atomic E-state index is 5.67. The van der Waals surface area contributed by atoms with Crippen LogP contribution in [0.5, 0.6) is 0 Å². The third-order valence-corrected chi connectivity index (χ3v) is 8.36. The number of ether oxygens (including phenoxy) is 3. The standard InChI is InChI=1S/C17H34N4O3S2/c1-22-7-6-21-11-18-20-17(21)26-10-13-9-25-16(19-13)12-4-5-14(23-2)15(8-12)24-3/h12-20H,4-11H2,1-3H3. The Labute approximate surface area is 166 Å². The molecule has 0 spiro atoms. The first-order valence-corrected chi connectivity index (χ1v) is 11.6. The number of rotatable bonds is 9. The van der Waals surface area contributed by atoms with Crippen molar-refractivity contribution in [1.82, 2.24) is 21.1 Å². The minimum absolute atomic E-state index is 0.234. The van der Waals surface area contributed by atoms with E-state index in [9.17, 15) is 0 Å². The van der Waals surface area contributed by atoms with Gasteiger partial charge in [-0.15, -0.1) is 23.5 Å². The molecule has 3 fully saturated rings. The first kappa shape index (κ1) is 21.1. The molecule has 2 heterocycles. The molecule has 0 aromatic heterocycles. The van der Waals surface area contributed by atoms with Gasteiger partial charge >= 0.3 is 0 Å². The van der Waals surface area contributed by atoms with Gasteiger partial charge in [0.2, 0.25) is 0 Å². The van der Waals surface area contributed by atoms with Crippen LogP contribution in [0.3, 0.4) is 0 Å². The van der Waals surface area contributed by atoms with Gasteiger partial charge in [0.25, 0.3) is 0 Å². The highest BCUT2D eigenvalue weighted by atomic mass is 32.2. The summed E-state index contributed by atoms with van der Waals surface area (Å²) in [5.41, 5.74) is 6.92. The molecule has 2 saturated heterocycles. The van der Waals surface area contributed by atoms with Crippen LogP contribution in [0.4, 0.5) is 0 Å².